The van der Waals surface area contributed by atoms with Gasteiger partial charge in [0.05, 0.1) is 22.9 Å². The van der Waals surface area contributed by atoms with Gasteiger partial charge in [0.2, 0.25) is 0 Å². The maximum absolute atomic E-state index is 4.39. The molecule has 0 aliphatic heterocycles. The molecule has 0 unspecified atom stereocenters. The summed E-state index contributed by atoms with van der Waals surface area (Å²) in [7, 11) is 0. The van der Waals surface area contributed by atoms with Gasteiger partial charge in [-0.1, -0.05) is 13.2 Å². The van der Waals surface area contributed by atoms with Crippen LogP contribution in [-0.4, -0.2) is 13.5 Å². The zero-order chi connectivity index (χ0) is 10.7. The van der Waals surface area contributed by atoms with E-state index in [0.29, 0.717) is 0 Å². The van der Waals surface area contributed by atoms with E-state index in [-0.39, 0.29) is 0 Å². The van der Waals surface area contributed by atoms with E-state index in [2.05, 4.69) is 46.0 Å². The SMILES string of the molecule is C=C/C(C)=N\c1c(C=C)nc(C)n1I. The van der Waals surface area contributed by atoms with Crippen molar-refractivity contribution in [2.45, 2.75) is 13.8 Å². The summed E-state index contributed by atoms with van der Waals surface area (Å²) in [5.41, 5.74) is 1.67. The number of aromatic nitrogens is 2. The minimum atomic E-state index is 0.804. The van der Waals surface area contributed by atoms with Crippen molar-refractivity contribution in [3.8, 4) is 0 Å². The standard InChI is InChI=1S/C10H12IN3/c1-5-7(3)12-10-9(6-2)13-8(4)14(10)11/h5-6H,1-2H2,3-4H3/b12-7-. The van der Waals surface area contributed by atoms with Crippen LogP contribution < -0.4 is 0 Å². The van der Waals surface area contributed by atoms with E-state index >= 15 is 0 Å². The Morgan fingerprint density at radius 3 is 2.71 bits per heavy atom. The summed E-state index contributed by atoms with van der Waals surface area (Å²) in [4.78, 5) is 8.70. The number of imidazole rings is 1. The number of nitrogens with zero attached hydrogens (tertiary/aromatic N) is 3. The Kier molecular flexibility index (Phi) is 3.62. The molecule has 0 saturated heterocycles. The molecule has 0 radical (unpaired) electrons. The van der Waals surface area contributed by atoms with E-state index in [9.17, 15) is 0 Å². The van der Waals surface area contributed by atoms with Gasteiger partial charge in [-0.25, -0.2) is 9.98 Å². The maximum Gasteiger partial charge on any atom is 0.169 e. The van der Waals surface area contributed by atoms with Gasteiger partial charge < -0.3 is 0 Å². The van der Waals surface area contributed by atoms with E-state index in [4.69, 9.17) is 0 Å². The number of aryl methyl sites for hydroxylation is 1. The minimum Gasteiger partial charge on any atom is -0.252 e. The van der Waals surface area contributed by atoms with Gasteiger partial charge in [0.1, 0.15) is 11.5 Å². The fourth-order valence-corrected chi connectivity index (χ4v) is 1.44. The first-order valence-corrected chi connectivity index (χ1v) is 5.12. The lowest BCUT2D eigenvalue weighted by molar-refractivity contribution is 1.12. The molecule has 1 heterocycles. The quantitative estimate of drug-likeness (QED) is 0.622. The summed E-state index contributed by atoms with van der Waals surface area (Å²) in [6.45, 7) is 11.2. The molecule has 0 aromatic carbocycles. The lowest BCUT2D eigenvalue weighted by Crippen LogP contribution is -1.86. The Balaban J connectivity index is 3.31. The summed E-state index contributed by atoms with van der Waals surface area (Å²) in [5.74, 6) is 1.73. The molecular formula is C10H12IN3. The highest BCUT2D eigenvalue weighted by Crippen LogP contribution is 2.24. The van der Waals surface area contributed by atoms with Crippen molar-refractivity contribution in [1.82, 2.24) is 7.76 Å². The third kappa shape index (κ3) is 2.12. The Morgan fingerprint density at radius 1 is 1.57 bits per heavy atom. The first kappa shape index (κ1) is 11.2. The molecule has 0 aliphatic carbocycles. The topological polar surface area (TPSA) is 30.2 Å². The molecule has 0 N–H and O–H groups in total. The van der Waals surface area contributed by atoms with Crippen LogP contribution in [0.15, 0.2) is 24.2 Å². The maximum atomic E-state index is 4.39. The van der Waals surface area contributed by atoms with Gasteiger partial charge in [-0.3, -0.25) is 2.78 Å². The van der Waals surface area contributed by atoms with Crippen molar-refractivity contribution in [3.63, 3.8) is 0 Å². The molecule has 1 rings (SSSR count). The molecule has 0 aliphatic rings. The van der Waals surface area contributed by atoms with E-state index in [1.54, 1.807) is 12.2 Å². The van der Waals surface area contributed by atoms with Crippen molar-refractivity contribution in [2.24, 2.45) is 4.99 Å². The third-order valence-corrected chi connectivity index (χ3v) is 2.91. The highest BCUT2D eigenvalue weighted by atomic mass is 127. The lowest BCUT2D eigenvalue weighted by atomic mass is 10.4. The normalized spacial score (nSPS) is 11.5. The van der Waals surface area contributed by atoms with Crippen LogP contribution in [0.25, 0.3) is 6.08 Å². The Hall–Kier alpha value is -0.910. The highest BCUT2D eigenvalue weighted by Gasteiger charge is 2.09. The fraction of sp³-hybridized carbons (Fsp3) is 0.200. The Bertz CT molecular complexity index is 402. The highest BCUT2D eigenvalue weighted by molar-refractivity contribution is 14.1. The van der Waals surface area contributed by atoms with E-state index in [1.807, 2.05) is 16.6 Å². The van der Waals surface area contributed by atoms with Crippen LogP contribution in [0.4, 0.5) is 5.82 Å². The average molecular weight is 301 g/mol. The second kappa shape index (κ2) is 4.54. The second-order valence-electron chi connectivity index (χ2n) is 2.81. The van der Waals surface area contributed by atoms with Crippen LogP contribution in [0.5, 0.6) is 0 Å². The Labute approximate surface area is 97.8 Å². The number of hydrogen-bond acceptors (Lipinski definition) is 2. The summed E-state index contributed by atoms with van der Waals surface area (Å²) >= 11 is 2.16. The predicted molar refractivity (Wildman–Crippen MR) is 69.4 cm³/mol. The Morgan fingerprint density at radius 2 is 2.21 bits per heavy atom. The van der Waals surface area contributed by atoms with Crippen LogP contribution >= 0.6 is 22.9 Å². The molecule has 0 amide bonds. The predicted octanol–water partition coefficient (Wildman–Crippen LogP) is 3.31. The molecule has 74 valence electrons. The summed E-state index contributed by atoms with van der Waals surface area (Å²) in [5, 5.41) is 0. The average Bonchev–Trinajstić information content (AvgIpc) is 2.45. The largest absolute Gasteiger partial charge is 0.252 e. The van der Waals surface area contributed by atoms with Crippen LogP contribution in [0.2, 0.25) is 0 Å². The number of aliphatic imine (C=N–C) groups is 1. The smallest absolute Gasteiger partial charge is 0.169 e. The van der Waals surface area contributed by atoms with Crippen molar-refractivity contribution >= 4 is 40.5 Å². The molecule has 4 heteroatoms. The second-order valence-corrected chi connectivity index (χ2v) is 3.77. The molecule has 3 nitrogen and oxygen atoms in total. The monoisotopic (exact) mass is 301 g/mol. The number of hydrogen-bond donors (Lipinski definition) is 0. The molecule has 0 fully saturated rings. The van der Waals surface area contributed by atoms with E-state index < -0.39 is 0 Å². The lowest BCUT2D eigenvalue weighted by Gasteiger charge is -1.97. The van der Waals surface area contributed by atoms with Crippen molar-refractivity contribution in [2.75, 3.05) is 0 Å². The van der Waals surface area contributed by atoms with Gasteiger partial charge in [0, 0.05) is 5.71 Å². The van der Waals surface area contributed by atoms with Crippen molar-refractivity contribution < 1.29 is 0 Å². The molecule has 1 aromatic heterocycles. The van der Waals surface area contributed by atoms with Crippen LogP contribution in [0, 0.1) is 6.92 Å². The van der Waals surface area contributed by atoms with Gasteiger partial charge in [-0.2, -0.15) is 0 Å². The molecule has 0 saturated carbocycles. The van der Waals surface area contributed by atoms with Crippen LogP contribution in [0.3, 0.4) is 0 Å². The first-order valence-electron chi connectivity index (χ1n) is 4.15. The summed E-state index contributed by atoms with van der Waals surface area (Å²) in [6, 6.07) is 0. The molecule has 1 aromatic rings. The van der Waals surface area contributed by atoms with Gasteiger partial charge >= 0.3 is 0 Å². The number of allylic oxidation sites excluding steroid dienone is 1. The zero-order valence-electron chi connectivity index (χ0n) is 8.29. The van der Waals surface area contributed by atoms with Crippen LogP contribution in [-0.2, 0) is 0 Å². The van der Waals surface area contributed by atoms with E-state index in [0.717, 1.165) is 23.0 Å². The third-order valence-electron chi connectivity index (χ3n) is 1.75. The molecule has 14 heavy (non-hydrogen) atoms. The van der Waals surface area contributed by atoms with Gasteiger partial charge in [-0.05, 0) is 26.0 Å². The molecule has 0 bridgehead atoms. The molecule has 0 spiro atoms. The number of rotatable bonds is 3. The molecular weight excluding hydrogens is 289 g/mol. The van der Waals surface area contributed by atoms with Crippen molar-refractivity contribution in [3.05, 3.63) is 30.8 Å². The zero-order valence-corrected chi connectivity index (χ0v) is 10.4. The van der Waals surface area contributed by atoms with Gasteiger partial charge in [0.15, 0.2) is 5.82 Å². The van der Waals surface area contributed by atoms with Gasteiger partial charge in [0.25, 0.3) is 0 Å². The van der Waals surface area contributed by atoms with Crippen LogP contribution in [0.1, 0.15) is 18.4 Å². The van der Waals surface area contributed by atoms with Crippen molar-refractivity contribution in [1.29, 1.82) is 0 Å². The van der Waals surface area contributed by atoms with Gasteiger partial charge in [-0.15, -0.1) is 0 Å². The fourth-order valence-electron chi connectivity index (χ4n) is 0.973. The minimum absolute atomic E-state index is 0.804. The first-order chi connectivity index (χ1) is 6.60. The number of halogens is 1. The summed E-state index contributed by atoms with van der Waals surface area (Å²) in [6.07, 6.45) is 3.42. The summed E-state index contributed by atoms with van der Waals surface area (Å²) < 4.78 is 1.90. The van der Waals surface area contributed by atoms with E-state index in [1.165, 1.54) is 0 Å². The molecule has 0 atom stereocenters.